The van der Waals surface area contributed by atoms with Crippen LogP contribution in [0.2, 0.25) is 0 Å². The Bertz CT molecular complexity index is 202. The number of hydrogen-bond acceptors (Lipinski definition) is 2. The van der Waals surface area contributed by atoms with Gasteiger partial charge in [-0.2, -0.15) is 0 Å². The topological polar surface area (TPSA) is 29.3 Å². The molecule has 2 rings (SSSR count). The van der Waals surface area contributed by atoms with Crippen LogP contribution >= 0.6 is 0 Å². The van der Waals surface area contributed by atoms with Gasteiger partial charge in [-0.25, -0.2) is 0 Å². The quantitative estimate of drug-likeness (QED) is 0.693. The average Bonchev–Trinajstić information content (AvgIpc) is 2.56. The van der Waals surface area contributed by atoms with Gasteiger partial charge in [-0.1, -0.05) is 27.2 Å². The standard InChI is InChI=1S/C12H24N2/c1-9-7-14(8-10(9)13)11-5-4-6-12(11,2)3/h9-11H,4-8,13H2,1-3H3. The van der Waals surface area contributed by atoms with Crippen molar-refractivity contribution in [1.82, 2.24) is 4.90 Å². The third-order valence-electron chi connectivity index (χ3n) is 4.34. The van der Waals surface area contributed by atoms with Gasteiger partial charge in [-0.15, -0.1) is 0 Å². The van der Waals surface area contributed by atoms with Gasteiger partial charge in [0.1, 0.15) is 0 Å². The van der Waals surface area contributed by atoms with Crippen molar-refractivity contribution in [2.45, 2.75) is 52.1 Å². The first kappa shape index (κ1) is 10.4. The average molecular weight is 196 g/mol. The Morgan fingerprint density at radius 3 is 2.43 bits per heavy atom. The summed E-state index contributed by atoms with van der Waals surface area (Å²) in [5, 5.41) is 0. The van der Waals surface area contributed by atoms with E-state index in [4.69, 9.17) is 5.73 Å². The summed E-state index contributed by atoms with van der Waals surface area (Å²) in [6.45, 7) is 9.45. The Morgan fingerprint density at radius 1 is 1.29 bits per heavy atom. The predicted molar refractivity (Wildman–Crippen MR) is 60.1 cm³/mol. The van der Waals surface area contributed by atoms with Crippen molar-refractivity contribution in [2.75, 3.05) is 13.1 Å². The lowest BCUT2D eigenvalue weighted by Gasteiger charge is -2.35. The van der Waals surface area contributed by atoms with E-state index < -0.39 is 0 Å². The van der Waals surface area contributed by atoms with Crippen molar-refractivity contribution >= 4 is 0 Å². The Kier molecular flexibility index (Phi) is 2.61. The molecule has 1 aliphatic heterocycles. The van der Waals surface area contributed by atoms with Crippen molar-refractivity contribution in [2.24, 2.45) is 17.1 Å². The van der Waals surface area contributed by atoms with Crippen LogP contribution in [0.5, 0.6) is 0 Å². The van der Waals surface area contributed by atoms with Crippen molar-refractivity contribution < 1.29 is 0 Å². The smallest absolute Gasteiger partial charge is 0.0206 e. The van der Waals surface area contributed by atoms with E-state index >= 15 is 0 Å². The molecule has 0 radical (unpaired) electrons. The molecule has 3 unspecified atom stereocenters. The molecule has 14 heavy (non-hydrogen) atoms. The Hall–Kier alpha value is -0.0800. The molecule has 0 aromatic carbocycles. The van der Waals surface area contributed by atoms with E-state index in [1.165, 1.54) is 25.8 Å². The number of likely N-dealkylation sites (tertiary alicyclic amines) is 1. The maximum Gasteiger partial charge on any atom is 0.0206 e. The fraction of sp³-hybridized carbons (Fsp3) is 1.00. The number of nitrogens with zero attached hydrogens (tertiary/aromatic N) is 1. The molecule has 2 fully saturated rings. The molecule has 2 nitrogen and oxygen atoms in total. The summed E-state index contributed by atoms with van der Waals surface area (Å²) < 4.78 is 0. The molecule has 0 aromatic rings. The van der Waals surface area contributed by atoms with Gasteiger partial charge >= 0.3 is 0 Å². The van der Waals surface area contributed by atoms with Crippen molar-refractivity contribution in [3.63, 3.8) is 0 Å². The zero-order chi connectivity index (χ0) is 10.3. The van der Waals surface area contributed by atoms with Crippen LogP contribution in [0.1, 0.15) is 40.0 Å². The molecule has 0 spiro atoms. The van der Waals surface area contributed by atoms with E-state index in [9.17, 15) is 0 Å². The molecule has 1 heterocycles. The van der Waals surface area contributed by atoms with Gasteiger partial charge in [0.25, 0.3) is 0 Å². The summed E-state index contributed by atoms with van der Waals surface area (Å²) in [6, 6.07) is 1.20. The second-order valence-electron chi connectivity index (χ2n) is 5.99. The highest BCUT2D eigenvalue weighted by atomic mass is 15.2. The first-order valence-corrected chi connectivity index (χ1v) is 6.00. The summed E-state index contributed by atoms with van der Waals surface area (Å²) >= 11 is 0. The monoisotopic (exact) mass is 196 g/mol. The highest BCUT2D eigenvalue weighted by Crippen LogP contribution is 2.41. The van der Waals surface area contributed by atoms with E-state index in [-0.39, 0.29) is 0 Å². The SMILES string of the molecule is CC1CN(C2CCCC2(C)C)CC1N. The van der Waals surface area contributed by atoms with Crippen LogP contribution in [-0.2, 0) is 0 Å². The van der Waals surface area contributed by atoms with E-state index in [1.807, 2.05) is 0 Å². The maximum atomic E-state index is 6.08. The highest BCUT2D eigenvalue weighted by Gasteiger charge is 2.41. The summed E-state index contributed by atoms with van der Waals surface area (Å²) in [6.07, 6.45) is 4.17. The van der Waals surface area contributed by atoms with Crippen LogP contribution in [0.3, 0.4) is 0 Å². The molecule has 1 aliphatic carbocycles. The Labute approximate surface area is 87.8 Å². The molecule has 2 N–H and O–H groups in total. The number of nitrogens with two attached hydrogens (primary N) is 1. The summed E-state index contributed by atoms with van der Waals surface area (Å²) in [5.41, 5.74) is 6.60. The third kappa shape index (κ3) is 1.70. The molecule has 2 heteroatoms. The minimum absolute atomic E-state index is 0.409. The minimum atomic E-state index is 0.409. The Morgan fingerprint density at radius 2 is 2.00 bits per heavy atom. The van der Waals surface area contributed by atoms with E-state index in [0.717, 1.165) is 12.6 Å². The van der Waals surface area contributed by atoms with Crippen molar-refractivity contribution in [3.8, 4) is 0 Å². The first-order valence-electron chi connectivity index (χ1n) is 6.00. The highest BCUT2D eigenvalue weighted by molar-refractivity contribution is 4.96. The molecular formula is C12H24N2. The molecule has 1 saturated heterocycles. The zero-order valence-corrected chi connectivity index (χ0v) is 9.79. The van der Waals surface area contributed by atoms with Gasteiger partial charge in [-0.05, 0) is 24.2 Å². The molecule has 0 amide bonds. The van der Waals surface area contributed by atoms with E-state index in [2.05, 4.69) is 25.7 Å². The van der Waals surface area contributed by atoms with Crippen molar-refractivity contribution in [1.29, 1.82) is 0 Å². The van der Waals surface area contributed by atoms with Gasteiger partial charge in [0.15, 0.2) is 0 Å². The summed E-state index contributed by atoms with van der Waals surface area (Å²) in [7, 11) is 0. The number of hydrogen-bond donors (Lipinski definition) is 1. The normalized spacial score (nSPS) is 43.3. The van der Waals surface area contributed by atoms with E-state index in [0.29, 0.717) is 17.4 Å². The largest absolute Gasteiger partial charge is 0.326 e. The molecule has 3 atom stereocenters. The van der Waals surface area contributed by atoms with Gasteiger partial charge in [0.2, 0.25) is 0 Å². The lowest BCUT2D eigenvalue weighted by Crippen LogP contribution is -2.41. The van der Waals surface area contributed by atoms with Gasteiger partial charge < -0.3 is 5.73 Å². The minimum Gasteiger partial charge on any atom is -0.326 e. The first-order chi connectivity index (χ1) is 6.50. The van der Waals surface area contributed by atoms with Crippen LogP contribution in [0.25, 0.3) is 0 Å². The van der Waals surface area contributed by atoms with Crippen molar-refractivity contribution in [3.05, 3.63) is 0 Å². The second-order valence-corrected chi connectivity index (χ2v) is 5.99. The molecule has 0 bridgehead atoms. The maximum absolute atomic E-state index is 6.08. The van der Waals surface area contributed by atoms with E-state index in [1.54, 1.807) is 0 Å². The van der Waals surface area contributed by atoms with Crippen LogP contribution in [0, 0.1) is 11.3 Å². The molecule has 2 aliphatic rings. The lowest BCUT2D eigenvalue weighted by molar-refractivity contribution is 0.135. The molecule has 1 saturated carbocycles. The van der Waals surface area contributed by atoms with Crippen LogP contribution in [0.15, 0.2) is 0 Å². The second kappa shape index (κ2) is 3.49. The van der Waals surface area contributed by atoms with Gasteiger partial charge in [0.05, 0.1) is 0 Å². The fourth-order valence-corrected chi connectivity index (χ4v) is 3.27. The third-order valence-corrected chi connectivity index (χ3v) is 4.34. The van der Waals surface area contributed by atoms with Gasteiger partial charge in [-0.3, -0.25) is 4.90 Å². The predicted octanol–water partition coefficient (Wildman–Crippen LogP) is 1.84. The molecular weight excluding hydrogens is 172 g/mol. The Balaban J connectivity index is 2.03. The molecule has 0 aromatic heterocycles. The summed E-state index contributed by atoms with van der Waals surface area (Å²) in [5.74, 6) is 0.686. The van der Waals surface area contributed by atoms with Crippen LogP contribution < -0.4 is 5.73 Å². The lowest BCUT2D eigenvalue weighted by atomic mass is 9.86. The van der Waals surface area contributed by atoms with Gasteiger partial charge in [0, 0.05) is 25.2 Å². The zero-order valence-electron chi connectivity index (χ0n) is 9.79. The molecule has 82 valence electrons. The fourth-order valence-electron chi connectivity index (χ4n) is 3.27. The summed E-state index contributed by atoms with van der Waals surface area (Å²) in [4.78, 5) is 2.64. The number of rotatable bonds is 1. The van der Waals surface area contributed by atoms with Crippen LogP contribution in [-0.4, -0.2) is 30.1 Å². The van der Waals surface area contributed by atoms with Crippen LogP contribution in [0.4, 0.5) is 0 Å².